The molecule has 58 heavy (non-hydrogen) atoms. The molecule has 0 unspecified atom stereocenters. The summed E-state index contributed by atoms with van der Waals surface area (Å²) in [5.74, 6) is 1.38. The first-order chi connectivity index (χ1) is 28.7. The van der Waals surface area contributed by atoms with Crippen molar-refractivity contribution in [2.24, 2.45) is 0 Å². The van der Waals surface area contributed by atoms with E-state index in [-0.39, 0.29) is 0 Å². The lowest BCUT2D eigenvalue weighted by molar-refractivity contribution is 1.22. The maximum absolute atomic E-state index is 5.31. The average molecular weight is 739 g/mol. The van der Waals surface area contributed by atoms with E-state index in [1.807, 2.05) is 24.3 Å². The summed E-state index contributed by atoms with van der Waals surface area (Å²) in [4.78, 5) is 20.8. The maximum atomic E-state index is 5.31. The SMILES string of the molecule is c1ccc(-c2ccc3ccc(-c4nc(-c5cccc(-c6nc(-c7ccc8ccc(-c9ccccc9)cc8c7)nc7ccccc67)c5)c5ccccc5n4)cc3c2)cc1. The van der Waals surface area contributed by atoms with E-state index in [1.54, 1.807) is 0 Å². The van der Waals surface area contributed by atoms with Crippen LogP contribution in [0.15, 0.2) is 206 Å². The number of hydrogen-bond acceptors (Lipinski definition) is 4. The predicted molar refractivity (Wildman–Crippen MR) is 240 cm³/mol. The van der Waals surface area contributed by atoms with Gasteiger partial charge in [-0.05, 0) is 86.3 Å². The van der Waals surface area contributed by atoms with Gasteiger partial charge in [-0.15, -0.1) is 0 Å². The van der Waals surface area contributed by atoms with Gasteiger partial charge in [0.05, 0.1) is 22.4 Å². The number of para-hydroxylation sites is 2. The van der Waals surface area contributed by atoms with Crippen LogP contribution in [-0.4, -0.2) is 19.9 Å². The fourth-order valence-electron chi connectivity index (χ4n) is 8.06. The molecule has 4 nitrogen and oxygen atoms in total. The fourth-order valence-corrected chi connectivity index (χ4v) is 8.06. The number of fused-ring (bicyclic) bond motifs is 4. The Morgan fingerprint density at radius 3 is 1.07 bits per heavy atom. The van der Waals surface area contributed by atoms with E-state index in [0.717, 1.165) is 66.2 Å². The van der Waals surface area contributed by atoms with Crippen molar-refractivity contribution in [3.63, 3.8) is 0 Å². The van der Waals surface area contributed by atoms with Gasteiger partial charge in [0.15, 0.2) is 11.6 Å². The van der Waals surface area contributed by atoms with Crippen molar-refractivity contribution in [2.45, 2.75) is 0 Å². The predicted octanol–water partition coefficient (Wildman–Crippen LogP) is 13.9. The molecule has 0 aliphatic carbocycles. The van der Waals surface area contributed by atoms with Crippen molar-refractivity contribution < 1.29 is 0 Å². The number of aromatic nitrogens is 4. The molecule has 0 spiro atoms. The first-order valence-electron chi connectivity index (χ1n) is 19.5. The number of rotatable bonds is 6. The molecule has 11 aromatic rings. The minimum atomic E-state index is 0.688. The van der Waals surface area contributed by atoms with Crippen LogP contribution in [0, 0.1) is 0 Å². The maximum Gasteiger partial charge on any atom is 0.160 e. The van der Waals surface area contributed by atoms with Crippen molar-refractivity contribution in [1.82, 2.24) is 19.9 Å². The Balaban J connectivity index is 1.02. The second-order valence-corrected chi connectivity index (χ2v) is 14.7. The van der Waals surface area contributed by atoms with Gasteiger partial charge in [0, 0.05) is 33.0 Å². The molecule has 2 heterocycles. The summed E-state index contributed by atoms with van der Waals surface area (Å²) in [6.07, 6.45) is 0. The van der Waals surface area contributed by atoms with E-state index in [0.29, 0.717) is 11.6 Å². The minimum Gasteiger partial charge on any atom is -0.228 e. The van der Waals surface area contributed by atoms with Crippen molar-refractivity contribution in [3.8, 4) is 67.5 Å². The lowest BCUT2D eigenvalue weighted by Crippen LogP contribution is -1.97. The third-order valence-corrected chi connectivity index (χ3v) is 11.0. The number of benzene rings is 9. The van der Waals surface area contributed by atoms with Gasteiger partial charge in [-0.1, -0.05) is 164 Å². The number of nitrogens with zero attached hydrogens (tertiary/aromatic N) is 4. The molecule has 0 aliphatic heterocycles. The van der Waals surface area contributed by atoms with Gasteiger partial charge in [0.2, 0.25) is 0 Å². The van der Waals surface area contributed by atoms with Gasteiger partial charge < -0.3 is 0 Å². The van der Waals surface area contributed by atoms with Crippen LogP contribution in [0.5, 0.6) is 0 Å². The molecule has 4 heteroatoms. The Labute approximate surface area is 335 Å². The highest BCUT2D eigenvalue weighted by Gasteiger charge is 2.16. The first-order valence-corrected chi connectivity index (χ1v) is 19.5. The van der Waals surface area contributed by atoms with Crippen LogP contribution < -0.4 is 0 Å². The van der Waals surface area contributed by atoms with Gasteiger partial charge in [-0.25, -0.2) is 19.9 Å². The van der Waals surface area contributed by atoms with Crippen LogP contribution in [0.1, 0.15) is 0 Å². The van der Waals surface area contributed by atoms with E-state index in [1.165, 1.54) is 33.0 Å². The lowest BCUT2D eigenvalue weighted by atomic mass is 9.98. The van der Waals surface area contributed by atoms with Crippen molar-refractivity contribution in [3.05, 3.63) is 206 Å². The zero-order valence-electron chi connectivity index (χ0n) is 31.4. The van der Waals surface area contributed by atoms with Crippen LogP contribution in [0.2, 0.25) is 0 Å². The smallest absolute Gasteiger partial charge is 0.160 e. The minimum absolute atomic E-state index is 0.688. The molecule has 0 aliphatic rings. The van der Waals surface area contributed by atoms with Gasteiger partial charge in [-0.3, -0.25) is 0 Å². The highest BCUT2D eigenvalue weighted by Crippen LogP contribution is 2.36. The van der Waals surface area contributed by atoms with Crippen molar-refractivity contribution in [2.75, 3.05) is 0 Å². The molecule has 0 atom stereocenters. The molecule has 2 aromatic heterocycles. The van der Waals surface area contributed by atoms with Crippen LogP contribution in [0.25, 0.3) is 111 Å². The van der Waals surface area contributed by atoms with Gasteiger partial charge in [-0.2, -0.15) is 0 Å². The Hall–Kier alpha value is -7.82. The van der Waals surface area contributed by atoms with E-state index in [9.17, 15) is 0 Å². The van der Waals surface area contributed by atoms with E-state index < -0.39 is 0 Å². The Morgan fingerprint density at radius 2 is 0.603 bits per heavy atom. The van der Waals surface area contributed by atoms with E-state index >= 15 is 0 Å². The standard InChI is InChI=1S/C54H34N4/c1-3-12-35(13-4-1)39-26-22-37-24-28-43(33-45(37)30-39)53-55-49-20-9-7-18-47(49)51(57-53)41-16-11-17-42(32-41)52-48-19-8-10-21-50(48)56-54(58-52)44-29-25-38-23-27-40(31-46(38)34-44)36-14-5-2-6-15-36/h1-34H. The monoisotopic (exact) mass is 738 g/mol. The zero-order chi connectivity index (χ0) is 38.4. The van der Waals surface area contributed by atoms with Crippen molar-refractivity contribution >= 4 is 43.4 Å². The molecule has 0 saturated heterocycles. The summed E-state index contributed by atoms with van der Waals surface area (Å²) in [5, 5.41) is 6.63. The topological polar surface area (TPSA) is 51.6 Å². The molecule has 0 fully saturated rings. The lowest BCUT2D eigenvalue weighted by Gasteiger charge is -2.13. The summed E-state index contributed by atoms with van der Waals surface area (Å²) in [5.41, 5.74) is 12.2. The van der Waals surface area contributed by atoms with Crippen molar-refractivity contribution in [1.29, 1.82) is 0 Å². The largest absolute Gasteiger partial charge is 0.228 e. The molecule has 0 amide bonds. The molecule has 0 bridgehead atoms. The third-order valence-electron chi connectivity index (χ3n) is 11.0. The van der Waals surface area contributed by atoms with Crippen LogP contribution in [-0.2, 0) is 0 Å². The summed E-state index contributed by atoms with van der Waals surface area (Å²) >= 11 is 0. The molecule has 270 valence electrons. The number of hydrogen-bond donors (Lipinski definition) is 0. The highest BCUT2D eigenvalue weighted by atomic mass is 14.9. The summed E-state index contributed by atoms with van der Waals surface area (Å²) in [6.45, 7) is 0. The second-order valence-electron chi connectivity index (χ2n) is 14.7. The summed E-state index contributed by atoms with van der Waals surface area (Å²) in [6, 6.07) is 72.3. The van der Waals surface area contributed by atoms with Gasteiger partial charge >= 0.3 is 0 Å². The van der Waals surface area contributed by atoms with Crippen LogP contribution in [0.4, 0.5) is 0 Å². The molecule has 11 rings (SSSR count). The van der Waals surface area contributed by atoms with Gasteiger partial charge in [0.1, 0.15) is 0 Å². The molecule has 0 radical (unpaired) electrons. The van der Waals surface area contributed by atoms with Gasteiger partial charge in [0.25, 0.3) is 0 Å². The fraction of sp³-hybridized carbons (Fsp3) is 0. The molecular formula is C54H34N4. The Morgan fingerprint density at radius 1 is 0.224 bits per heavy atom. The van der Waals surface area contributed by atoms with Crippen LogP contribution >= 0.6 is 0 Å². The second kappa shape index (κ2) is 14.0. The zero-order valence-corrected chi connectivity index (χ0v) is 31.4. The first kappa shape index (κ1) is 33.5. The molecule has 0 N–H and O–H groups in total. The quantitative estimate of drug-likeness (QED) is 0.170. The summed E-state index contributed by atoms with van der Waals surface area (Å²) in [7, 11) is 0. The Bertz CT molecular complexity index is 3120. The molecular weight excluding hydrogens is 705 g/mol. The molecule has 0 saturated carbocycles. The average Bonchev–Trinajstić information content (AvgIpc) is 3.30. The normalized spacial score (nSPS) is 11.4. The third kappa shape index (κ3) is 6.14. The highest BCUT2D eigenvalue weighted by molar-refractivity contribution is 5.99. The van der Waals surface area contributed by atoms with E-state index in [4.69, 9.17) is 19.9 Å². The Kier molecular flexibility index (Phi) is 8.11. The van der Waals surface area contributed by atoms with E-state index in [2.05, 4.69) is 182 Å². The molecule has 9 aromatic carbocycles. The van der Waals surface area contributed by atoms with Crippen LogP contribution in [0.3, 0.4) is 0 Å². The summed E-state index contributed by atoms with van der Waals surface area (Å²) < 4.78 is 0.